The van der Waals surface area contributed by atoms with Gasteiger partial charge in [-0.05, 0) is 30.2 Å². The quantitative estimate of drug-likeness (QED) is 0.700. The molecule has 1 aliphatic rings. The van der Waals surface area contributed by atoms with Crippen LogP contribution in [-0.4, -0.2) is 33.0 Å². The second-order valence-electron chi connectivity index (χ2n) is 6.84. The Morgan fingerprint density at radius 1 is 1.15 bits per heavy atom. The third-order valence-electron chi connectivity index (χ3n) is 4.66. The maximum atomic E-state index is 9.04. The van der Waals surface area contributed by atoms with Gasteiger partial charge in [0.05, 0.1) is 31.0 Å². The summed E-state index contributed by atoms with van der Waals surface area (Å²) in [5.74, 6) is 0. The summed E-state index contributed by atoms with van der Waals surface area (Å²) in [6, 6.07) is 18.2. The number of hydrogen-bond acceptors (Lipinski definition) is 5. The van der Waals surface area contributed by atoms with E-state index in [-0.39, 0.29) is 6.23 Å². The van der Waals surface area contributed by atoms with Gasteiger partial charge in [0.15, 0.2) is 6.23 Å². The van der Waals surface area contributed by atoms with E-state index in [1.54, 1.807) is 10.7 Å². The number of benzene rings is 2. The molecule has 1 aromatic heterocycles. The highest BCUT2D eigenvalue weighted by molar-refractivity contribution is 5.32. The van der Waals surface area contributed by atoms with Gasteiger partial charge < -0.3 is 4.74 Å². The minimum Gasteiger partial charge on any atom is -0.356 e. The Balaban J connectivity index is 1.47. The number of nitriles is 1. The zero-order chi connectivity index (χ0) is 18.6. The minimum atomic E-state index is -0.176. The van der Waals surface area contributed by atoms with E-state index in [2.05, 4.69) is 52.5 Å². The highest BCUT2D eigenvalue weighted by atomic mass is 16.5. The van der Waals surface area contributed by atoms with E-state index < -0.39 is 0 Å². The zero-order valence-electron chi connectivity index (χ0n) is 15.2. The first-order chi connectivity index (χ1) is 13.2. The van der Waals surface area contributed by atoms with E-state index >= 15 is 0 Å². The maximum Gasteiger partial charge on any atom is 0.157 e. The first kappa shape index (κ1) is 17.4. The van der Waals surface area contributed by atoms with Gasteiger partial charge >= 0.3 is 0 Å². The number of nitrogens with zero attached hydrogens (tertiary/aromatic N) is 5. The molecule has 0 radical (unpaired) electrons. The molecule has 27 heavy (non-hydrogen) atoms. The molecular weight excluding hydrogens is 338 g/mol. The molecule has 0 amide bonds. The van der Waals surface area contributed by atoms with Gasteiger partial charge in [-0.25, -0.2) is 4.68 Å². The summed E-state index contributed by atoms with van der Waals surface area (Å²) in [4.78, 5) is 2.28. The second-order valence-corrected chi connectivity index (χ2v) is 6.84. The van der Waals surface area contributed by atoms with E-state index in [1.807, 2.05) is 24.4 Å². The molecule has 4 rings (SSSR count). The van der Waals surface area contributed by atoms with Crippen molar-refractivity contribution < 1.29 is 4.74 Å². The predicted octanol–water partition coefficient (Wildman–Crippen LogP) is 3.04. The van der Waals surface area contributed by atoms with Gasteiger partial charge in [0.1, 0.15) is 5.69 Å². The van der Waals surface area contributed by atoms with E-state index in [0.717, 1.165) is 24.3 Å². The molecule has 1 aliphatic heterocycles. The fourth-order valence-corrected chi connectivity index (χ4v) is 3.41. The highest BCUT2D eigenvalue weighted by Crippen LogP contribution is 2.27. The van der Waals surface area contributed by atoms with Gasteiger partial charge in [0.2, 0.25) is 0 Å². The highest BCUT2D eigenvalue weighted by Gasteiger charge is 2.29. The van der Waals surface area contributed by atoms with Crippen LogP contribution in [0, 0.1) is 18.3 Å². The van der Waals surface area contributed by atoms with Crippen LogP contribution >= 0.6 is 0 Å². The molecule has 1 saturated heterocycles. The monoisotopic (exact) mass is 359 g/mol. The van der Waals surface area contributed by atoms with Crippen LogP contribution in [0.3, 0.4) is 0 Å². The van der Waals surface area contributed by atoms with Crippen molar-refractivity contribution in [3.63, 3.8) is 0 Å². The summed E-state index contributed by atoms with van der Waals surface area (Å²) in [6.45, 7) is 5.06. The van der Waals surface area contributed by atoms with Crippen molar-refractivity contribution >= 4 is 0 Å². The SMILES string of the molecule is Cc1cccc(CN2CCOC2c2cn(Cc3cccc(C#N)c3)nn2)c1. The Labute approximate surface area is 158 Å². The third kappa shape index (κ3) is 4.05. The average molecular weight is 359 g/mol. The number of aromatic nitrogens is 3. The van der Waals surface area contributed by atoms with Gasteiger partial charge in [0, 0.05) is 13.1 Å². The molecule has 2 heterocycles. The third-order valence-corrected chi connectivity index (χ3v) is 4.66. The van der Waals surface area contributed by atoms with Crippen molar-refractivity contribution in [1.29, 1.82) is 5.26 Å². The number of aryl methyl sites for hydroxylation is 1. The van der Waals surface area contributed by atoms with Gasteiger partial charge in [-0.15, -0.1) is 5.10 Å². The Morgan fingerprint density at radius 2 is 1.96 bits per heavy atom. The average Bonchev–Trinajstić information content (AvgIpc) is 3.31. The van der Waals surface area contributed by atoms with Gasteiger partial charge in [-0.1, -0.05) is 47.2 Å². The summed E-state index contributed by atoms with van der Waals surface area (Å²) >= 11 is 0. The topological polar surface area (TPSA) is 67.0 Å². The lowest BCUT2D eigenvalue weighted by Gasteiger charge is -2.21. The lowest BCUT2D eigenvalue weighted by atomic mass is 10.1. The van der Waals surface area contributed by atoms with E-state index in [0.29, 0.717) is 18.7 Å². The fourth-order valence-electron chi connectivity index (χ4n) is 3.41. The van der Waals surface area contributed by atoms with Crippen molar-refractivity contribution in [3.05, 3.63) is 82.7 Å². The second kappa shape index (κ2) is 7.70. The van der Waals surface area contributed by atoms with Gasteiger partial charge in [0.25, 0.3) is 0 Å². The van der Waals surface area contributed by atoms with E-state index in [1.165, 1.54) is 11.1 Å². The molecule has 1 atom stereocenters. The minimum absolute atomic E-state index is 0.176. The van der Waals surface area contributed by atoms with Crippen LogP contribution in [-0.2, 0) is 17.8 Å². The smallest absolute Gasteiger partial charge is 0.157 e. The Kier molecular flexibility index (Phi) is 4.97. The van der Waals surface area contributed by atoms with Crippen LogP contribution in [0.1, 0.15) is 34.2 Å². The normalized spacial score (nSPS) is 17.1. The van der Waals surface area contributed by atoms with Crippen molar-refractivity contribution in [2.45, 2.75) is 26.2 Å². The molecule has 6 nitrogen and oxygen atoms in total. The Morgan fingerprint density at radius 3 is 2.78 bits per heavy atom. The van der Waals surface area contributed by atoms with Crippen LogP contribution in [0.4, 0.5) is 0 Å². The van der Waals surface area contributed by atoms with Crippen LogP contribution in [0.5, 0.6) is 0 Å². The Bertz CT molecular complexity index is 974. The summed E-state index contributed by atoms with van der Waals surface area (Å²) in [5.41, 5.74) is 5.02. The van der Waals surface area contributed by atoms with Crippen molar-refractivity contribution in [1.82, 2.24) is 19.9 Å². The lowest BCUT2D eigenvalue weighted by Crippen LogP contribution is -2.23. The number of hydrogen-bond donors (Lipinski definition) is 0. The summed E-state index contributed by atoms with van der Waals surface area (Å²) < 4.78 is 7.71. The van der Waals surface area contributed by atoms with Crippen molar-refractivity contribution in [2.24, 2.45) is 0 Å². The van der Waals surface area contributed by atoms with E-state index in [9.17, 15) is 0 Å². The molecular formula is C21H21N5O. The maximum absolute atomic E-state index is 9.04. The van der Waals surface area contributed by atoms with Crippen LogP contribution < -0.4 is 0 Å². The molecule has 1 fully saturated rings. The first-order valence-electron chi connectivity index (χ1n) is 9.01. The molecule has 0 N–H and O–H groups in total. The van der Waals surface area contributed by atoms with Crippen LogP contribution in [0.25, 0.3) is 0 Å². The fraction of sp³-hybridized carbons (Fsp3) is 0.286. The van der Waals surface area contributed by atoms with Gasteiger partial charge in [-0.3, -0.25) is 4.90 Å². The predicted molar refractivity (Wildman–Crippen MR) is 101 cm³/mol. The van der Waals surface area contributed by atoms with Crippen molar-refractivity contribution in [3.8, 4) is 6.07 Å². The number of rotatable bonds is 5. The molecule has 6 heteroatoms. The molecule has 0 saturated carbocycles. The van der Waals surface area contributed by atoms with Gasteiger partial charge in [-0.2, -0.15) is 5.26 Å². The molecule has 0 spiro atoms. The summed E-state index contributed by atoms with van der Waals surface area (Å²) in [7, 11) is 0. The molecule has 1 unspecified atom stereocenters. The summed E-state index contributed by atoms with van der Waals surface area (Å²) in [5, 5.41) is 17.6. The Hall–Kier alpha value is -3.01. The van der Waals surface area contributed by atoms with Crippen LogP contribution in [0.15, 0.2) is 54.7 Å². The van der Waals surface area contributed by atoms with Crippen LogP contribution in [0.2, 0.25) is 0 Å². The molecule has 3 aromatic rings. The molecule has 0 bridgehead atoms. The lowest BCUT2D eigenvalue weighted by molar-refractivity contribution is 0.0252. The largest absolute Gasteiger partial charge is 0.356 e. The molecule has 2 aromatic carbocycles. The molecule has 0 aliphatic carbocycles. The van der Waals surface area contributed by atoms with E-state index in [4.69, 9.17) is 10.00 Å². The van der Waals surface area contributed by atoms with Crippen molar-refractivity contribution in [2.75, 3.05) is 13.2 Å². The zero-order valence-corrected chi connectivity index (χ0v) is 15.2. The standard InChI is InChI=1S/C21H21N5O/c1-16-4-2-6-18(10-16)13-25-8-9-27-21(25)20-15-26(24-23-20)14-19-7-3-5-17(11-19)12-22/h2-7,10-11,15,21H,8-9,13-14H2,1H3. The number of ether oxygens (including phenoxy) is 1. The first-order valence-corrected chi connectivity index (χ1v) is 9.01. The molecule has 136 valence electrons. The summed E-state index contributed by atoms with van der Waals surface area (Å²) in [6.07, 6.45) is 1.75.